The van der Waals surface area contributed by atoms with Gasteiger partial charge in [-0.2, -0.15) is 0 Å². The van der Waals surface area contributed by atoms with E-state index < -0.39 is 5.60 Å². The van der Waals surface area contributed by atoms with Crippen molar-refractivity contribution in [2.75, 3.05) is 43.4 Å². The summed E-state index contributed by atoms with van der Waals surface area (Å²) in [4.78, 5) is 4.64. The molecule has 0 amide bonds. The Kier molecular flexibility index (Phi) is 4.02. The highest BCUT2D eigenvalue weighted by molar-refractivity contribution is 5.68. The highest BCUT2D eigenvalue weighted by atomic mass is 16.3. The van der Waals surface area contributed by atoms with E-state index in [9.17, 15) is 5.11 Å². The van der Waals surface area contributed by atoms with Gasteiger partial charge in [0.25, 0.3) is 0 Å². The molecule has 0 bridgehead atoms. The zero-order valence-electron chi connectivity index (χ0n) is 12.2. The summed E-state index contributed by atoms with van der Waals surface area (Å²) in [5.74, 6) is 0. The Balaban J connectivity index is 1.98. The number of hydrogen-bond donors (Lipinski definition) is 2. The molecule has 0 spiro atoms. The van der Waals surface area contributed by atoms with Crippen LogP contribution in [-0.2, 0) is 0 Å². The second-order valence-electron chi connectivity index (χ2n) is 6.14. The molecule has 1 heterocycles. The molecule has 2 rings (SSSR count). The van der Waals surface area contributed by atoms with Crippen LogP contribution >= 0.6 is 0 Å². The lowest BCUT2D eigenvalue weighted by Crippen LogP contribution is -2.50. The van der Waals surface area contributed by atoms with E-state index in [1.165, 1.54) is 5.56 Å². The van der Waals surface area contributed by atoms with Gasteiger partial charge in [0, 0.05) is 32.7 Å². The van der Waals surface area contributed by atoms with Crippen molar-refractivity contribution in [2.24, 2.45) is 0 Å². The molecule has 19 heavy (non-hydrogen) atoms. The van der Waals surface area contributed by atoms with E-state index in [0.717, 1.165) is 44.1 Å². The molecule has 4 nitrogen and oxygen atoms in total. The van der Waals surface area contributed by atoms with Crippen molar-refractivity contribution in [3.05, 3.63) is 23.8 Å². The number of hydrogen-bond acceptors (Lipinski definition) is 4. The summed E-state index contributed by atoms with van der Waals surface area (Å²) < 4.78 is 0. The van der Waals surface area contributed by atoms with Crippen LogP contribution in [0.25, 0.3) is 0 Å². The predicted octanol–water partition coefficient (Wildman–Crippen LogP) is 1.47. The Bertz CT molecular complexity index is 432. The van der Waals surface area contributed by atoms with Gasteiger partial charge in [-0.05, 0) is 38.5 Å². The van der Waals surface area contributed by atoms with Gasteiger partial charge < -0.3 is 15.7 Å². The number of β-amino-alcohol motifs (C(OH)–C–C–N with tert-alkyl or cyclic N) is 1. The summed E-state index contributed by atoms with van der Waals surface area (Å²) in [6.07, 6.45) is 0. The van der Waals surface area contributed by atoms with Crippen LogP contribution in [0.1, 0.15) is 19.4 Å². The number of nitrogen functional groups attached to an aromatic ring is 1. The summed E-state index contributed by atoms with van der Waals surface area (Å²) in [7, 11) is 0. The zero-order chi connectivity index (χ0) is 14.0. The number of piperazine rings is 1. The fourth-order valence-corrected chi connectivity index (χ4v) is 2.62. The van der Waals surface area contributed by atoms with Gasteiger partial charge in [-0.15, -0.1) is 0 Å². The van der Waals surface area contributed by atoms with Crippen LogP contribution in [0.3, 0.4) is 0 Å². The van der Waals surface area contributed by atoms with E-state index in [0.29, 0.717) is 0 Å². The first-order valence-corrected chi connectivity index (χ1v) is 6.91. The van der Waals surface area contributed by atoms with E-state index in [1.807, 2.05) is 26.0 Å². The standard InChI is InChI=1S/C15H25N3O/c1-12-4-5-13(16)14(10-12)18-8-6-17(7-9-18)11-15(2,3)19/h4-5,10,19H,6-9,11,16H2,1-3H3. The van der Waals surface area contributed by atoms with Crippen molar-refractivity contribution in [1.29, 1.82) is 0 Å². The van der Waals surface area contributed by atoms with Crippen LogP contribution < -0.4 is 10.6 Å². The van der Waals surface area contributed by atoms with Gasteiger partial charge >= 0.3 is 0 Å². The SMILES string of the molecule is Cc1ccc(N)c(N2CCN(CC(C)(C)O)CC2)c1. The molecule has 0 aromatic heterocycles. The maximum atomic E-state index is 9.86. The lowest BCUT2D eigenvalue weighted by molar-refractivity contribution is 0.0345. The van der Waals surface area contributed by atoms with Crippen molar-refractivity contribution in [1.82, 2.24) is 4.90 Å². The third kappa shape index (κ3) is 3.85. The summed E-state index contributed by atoms with van der Waals surface area (Å²) in [6, 6.07) is 6.18. The van der Waals surface area contributed by atoms with Gasteiger partial charge in [0.05, 0.1) is 17.0 Å². The minimum atomic E-state index is -0.621. The second kappa shape index (κ2) is 5.39. The van der Waals surface area contributed by atoms with Crippen molar-refractivity contribution in [2.45, 2.75) is 26.4 Å². The van der Waals surface area contributed by atoms with Crippen LogP contribution in [0.5, 0.6) is 0 Å². The second-order valence-corrected chi connectivity index (χ2v) is 6.14. The average molecular weight is 263 g/mol. The van der Waals surface area contributed by atoms with Crippen molar-refractivity contribution in [3.63, 3.8) is 0 Å². The number of rotatable bonds is 3. The Morgan fingerprint density at radius 1 is 1.21 bits per heavy atom. The number of nitrogens with two attached hydrogens (primary N) is 1. The van der Waals surface area contributed by atoms with Gasteiger partial charge in [-0.25, -0.2) is 0 Å². The number of benzene rings is 1. The Labute approximate surface area is 115 Å². The van der Waals surface area contributed by atoms with Crippen LogP contribution in [-0.4, -0.2) is 48.3 Å². The Hall–Kier alpha value is -1.26. The van der Waals surface area contributed by atoms with E-state index >= 15 is 0 Å². The first-order valence-electron chi connectivity index (χ1n) is 6.91. The van der Waals surface area contributed by atoms with Crippen LogP contribution in [0.2, 0.25) is 0 Å². The fourth-order valence-electron chi connectivity index (χ4n) is 2.62. The van der Waals surface area contributed by atoms with E-state index in [-0.39, 0.29) is 0 Å². The molecule has 3 N–H and O–H groups in total. The maximum Gasteiger partial charge on any atom is 0.0718 e. The number of nitrogens with zero attached hydrogens (tertiary/aromatic N) is 2. The topological polar surface area (TPSA) is 52.7 Å². The highest BCUT2D eigenvalue weighted by Gasteiger charge is 2.23. The molecule has 1 aromatic carbocycles. The molecule has 1 saturated heterocycles. The highest BCUT2D eigenvalue weighted by Crippen LogP contribution is 2.25. The average Bonchev–Trinajstić information content (AvgIpc) is 2.31. The van der Waals surface area contributed by atoms with E-state index in [4.69, 9.17) is 5.73 Å². The Morgan fingerprint density at radius 2 is 1.84 bits per heavy atom. The predicted molar refractivity (Wildman–Crippen MR) is 80.5 cm³/mol. The van der Waals surface area contributed by atoms with Gasteiger partial charge in [-0.1, -0.05) is 6.07 Å². The van der Waals surface area contributed by atoms with Gasteiger partial charge in [-0.3, -0.25) is 4.90 Å². The first-order chi connectivity index (χ1) is 8.85. The molecule has 106 valence electrons. The van der Waals surface area contributed by atoms with Crippen molar-refractivity contribution < 1.29 is 5.11 Å². The van der Waals surface area contributed by atoms with Crippen LogP contribution in [0, 0.1) is 6.92 Å². The molecule has 0 atom stereocenters. The third-order valence-corrected chi connectivity index (χ3v) is 3.51. The minimum Gasteiger partial charge on any atom is -0.397 e. The van der Waals surface area contributed by atoms with Crippen LogP contribution in [0.15, 0.2) is 18.2 Å². The number of aryl methyl sites for hydroxylation is 1. The molecule has 0 aliphatic carbocycles. The number of aliphatic hydroxyl groups is 1. The Morgan fingerprint density at radius 3 is 2.42 bits per heavy atom. The zero-order valence-corrected chi connectivity index (χ0v) is 12.2. The molecule has 1 aliphatic heterocycles. The number of anilines is 2. The molecule has 0 unspecified atom stereocenters. The molecule has 0 saturated carbocycles. The van der Waals surface area contributed by atoms with E-state index in [2.05, 4.69) is 22.8 Å². The molecule has 0 radical (unpaired) electrons. The quantitative estimate of drug-likeness (QED) is 0.811. The molecule has 4 heteroatoms. The lowest BCUT2D eigenvalue weighted by atomic mass is 10.1. The molecular formula is C15H25N3O. The summed E-state index contributed by atoms with van der Waals surface area (Å²) >= 11 is 0. The minimum absolute atomic E-state index is 0.621. The normalized spacial score (nSPS) is 17.8. The largest absolute Gasteiger partial charge is 0.397 e. The van der Waals surface area contributed by atoms with Gasteiger partial charge in [0.1, 0.15) is 0 Å². The molecule has 1 fully saturated rings. The van der Waals surface area contributed by atoms with E-state index in [1.54, 1.807) is 0 Å². The summed E-state index contributed by atoms with van der Waals surface area (Å²) in [6.45, 7) is 10.4. The van der Waals surface area contributed by atoms with Crippen molar-refractivity contribution in [3.8, 4) is 0 Å². The summed E-state index contributed by atoms with van der Waals surface area (Å²) in [5, 5.41) is 9.86. The smallest absolute Gasteiger partial charge is 0.0718 e. The summed E-state index contributed by atoms with van der Waals surface area (Å²) in [5.41, 5.74) is 8.67. The lowest BCUT2D eigenvalue weighted by Gasteiger charge is -2.38. The van der Waals surface area contributed by atoms with Crippen LogP contribution in [0.4, 0.5) is 11.4 Å². The monoisotopic (exact) mass is 263 g/mol. The maximum absolute atomic E-state index is 9.86. The molecular weight excluding hydrogens is 238 g/mol. The molecule has 1 aromatic rings. The van der Waals surface area contributed by atoms with Gasteiger partial charge in [0.2, 0.25) is 0 Å². The third-order valence-electron chi connectivity index (χ3n) is 3.51. The van der Waals surface area contributed by atoms with Crippen molar-refractivity contribution >= 4 is 11.4 Å². The fraction of sp³-hybridized carbons (Fsp3) is 0.600. The molecule has 1 aliphatic rings. The van der Waals surface area contributed by atoms with Gasteiger partial charge in [0.15, 0.2) is 0 Å². The first kappa shape index (κ1) is 14.2.